The van der Waals surface area contributed by atoms with Crippen molar-refractivity contribution < 1.29 is 14.5 Å². The molecule has 1 heterocycles. The van der Waals surface area contributed by atoms with Crippen molar-refractivity contribution in [3.05, 3.63) is 29.8 Å². The molecule has 0 atom stereocenters. The van der Waals surface area contributed by atoms with E-state index >= 15 is 0 Å². The minimum Gasteiger partial charge on any atom is -0.360 e. The molecule has 2 amide bonds. The first kappa shape index (κ1) is 20.2. The molecule has 144 valence electrons. The summed E-state index contributed by atoms with van der Waals surface area (Å²) in [5.74, 6) is -0.0962. The standard InChI is InChI=1S/C20H32N4O2/c1-16-8-6-7-9-17(16)24-12-10-23(11-13-24)15-19(26)22(5)14-18(25)21-20(2,3)4/h6-9H,10-15H2,1-5H3,(H,21,25)/p+1. The molecule has 0 unspecified atom stereocenters. The molecule has 2 rings (SSSR count). The summed E-state index contributed by atoms with van der Waals surface area (Å²) in [6.07, 6.45) is 0. The van der Waals surface area contributed by atoms with Crippen molar-refractivity contribution in [1.29, 1.82) is 0 Å². The third-order valence-electron chi connectivity index (χ3n) is 4.65. The SMILES string of the molecule is Cc1ccccc1N1CC[NH+](CC(=O)N(C)CC(=O)NC(C)(C)C)CC1. The van der Waals surface area contributed by atoms with Crippen LogP contribution in [0.15, 0.2) is 24.3 Å². The molecule has 1 aliphatic rings. The van der Waals surface area contributed by atoms with Crippen molar-refractivity contribution in [2.24, 2.45) is 0 Å². The van der Waals surface area contributed by atoms with Gasteiger partial charge >= 0.3 is 0 Å². The van der Waals surface area contributed by atoms with E-state index in [1.165, 1.54) is 21.1 Å². The number of nitrogens with zero attached hydrogens (tertiary/aromatic N) is 2. The van der Waals surface area contributed by atoms with E-state index in [9.17, 15) is 9.59 Å². The minimum atomic E-state index is -0.280. The van der Waals surface area contributed by atoms with Gasteiger partial charge in [-0.2, -0.15) is 0 Å². The average molecular weight is 362 g/mol. The van der Waals surface area contributed by atoms with Gasteiger partial charge in [-0.05, 0) is 39.3 Å². The van der Waals surface area contributed by atoms with Gasteiger partial charge in [0.1, 0.15) is 0 Å². The molecule has 1 fully saturated rings. The zero-order valence-electron chi connectivity index (χ0n) is 16.8. The second-order valence-electron chi connectivity index (χ2n) is 8.25. The molecule has 26 heavy (non-hydrogen) atoms. The second kappa shape index (κ2) is 8.54. The van der Waals surface area contributed by atoms with Crippen molar-refractivity contribution in [2.75, 3.05) is 51.2 Å². The lowest BCUT2D eigenvalue weighted by Crippen LogP contribution is -3.15. The molecule has 1 aliphatic heterocycles. The summed E-state index contributed by atoms with van der Waals surface area (Å²) >= 11 is 0. The number of anilines is 1. The molecule has 6 nitrogen and oxygen atoms in total. The summed E-state index contributed by atoms with van der Waals surface area (Å²) in [4.78, 5) is 29.6. The third-order valence-corrected chi connectivity index (χ3v) is 4.65. The van der Waals surface area contributed by atoms with Gasteiger partial charge in [0, 0.05) is 18.3 Å². The highest BCUT2D eigenvalue weighted by Crippen LogP contribution is 2.18. The number of para-hydroxylation sites is 1. The van der Waals surface area contributed by atoms with E-state index < -0.39 is 0 Å². The molecule has 0 bridgehead atoms. The summed E-state index contributed by atoms with van der Waals surface area (Å²) in [6, 6.07) is 8.43. The van der Waals surface area contributed by atoms with Crippen LogP contribution in [-0.2, 0) is 9.59 Å². The van der Waals surface area contributed by atoms with Gasteiger partial charge in [0.25, 0.3) is 5.91 Å². The molecule has 0 aliphatic carbocycles. The van der Waals surface area contributed by atoms with Gasteiger partial charge in [-0.25, -0.2) is 0 Å². The first-order chi connectivity index (χ1) is 12.2. The van der Waals surface area contributed by atoms with Gasteiger partial charge in [0.05, 0.1) is 32.7 Å². The maximum absolute atomic E-state index is 12.4. The van der Waals surface area contributed by atoms with Gasteiger partial charge in [0.2, 0.25) is 5.91 Å². The van der Waals surface area contributed by atoms with Crippen LogP contribution in [0.3, 0.4) is 0 Å². The highest BCUT2D eigenvalue weighted by atomic mass is 16.2. The normalized spacial score (nSPS) is 15.7. The van der Waals surface area contributed by atoms with Gasteiger partial charge in [0.15, 0.2) is 6.54 Å². The zero-order valence-corrected chi connectivity index (χ0v) is 16.8. The molecule has 0 spiro atoms. The first-order valence-corrected chi connectivity index (χ1v) is 9.35. The highest BCUT2D eigenvalue weighted by molar-refractivity contribution is 5.85. The number of aryl methyl sites for hydroxylation is 1. The number of carbonyl (C=O) groups is 2. The van der Waals surface area contributed by atoms with Crippen LogP contribution in [0, 0.1) is 6.92 Å². The number of nitrogens with one attached hydrogen (secondary N) is 2. The number of rotatable bonds is 5. The van der Waals surface area contributed by atoms with Crippen LogP contribution in [0.4, 0.5) is 5.69 Å². The lowest BCUT2D eigenvalue weighted by Gasteiger charge is -2.34. The molecular formula is C20H33N4O2+. The Labute approximate surface area is 157 Å². The Morgan fingerprint density at radius 1 is 1.19 bits per heavy atom. The summed E-state index contributed by atoms with van der Waals surface area (Å²) in [7, 11) is 1.70. The van der Waals surface area contributed by atoms with Crippen molar-refractivity contribution in [3.63, 3.8) is 0 Å². The fourth-order valence-corrected chi connectivity index (χ4v) is 3.27. The van der Waals surface area contributed by atoms with E-state index in [4.69, 9.17) is 0 Å². The molecule has 6 heteroatoms. The summed E-state index contributed by atoms with van der Waals surface area (Å²) in [5, 5.41) is 2.89. The smallest absolute Gasteiger partial charge is 0.277 e. The number of quaternary nitrogens is 1. The van der Waals surface area contributed by atoms with E-state index in [0.717, 1.165) is 26.2 Å². The van der Waals surface area contributed by atoms with Crippen molar-refractivity contribution in [2.45, 2.75) is 33.2 Å². The first-order valence-electron chi connectivity index (χ1n) is 9.35. The average Bonchev–Trinajstić information content (AvgIpc) is 2.54. The van der Waals surface area contributed by atoms with Crippen molar-refractivity contribution >= 4 is 17.5 Å². The fourth-order valence-electron chi connectivity index (χ4n) is 3.27. The van der Waals surface area contributed by atoms with Gasteiger partial charge in [-0.3, -0.25) is 9.59 Å². The summed E-state index contributed by atoms with van der Waals surface area (Å²) in [6.45, 7) is 12.3. The predicted molar refractivity (Wildman–Crippen MR) is 104 cm³/mol. The Bertz CT molecular complexity index is 631. The number of hydrogen-bond donors (Lipinski definition) is 2. The Hall–Kier alpha value is -2.08. The number of carbonyl (C=O) groups excluding carboxylic acids is 2. The minimum absolute atomic E-state index is 0.0217. The van der Waals surface area contributed by atoms with E-state index in [-0.39, 0.29) is 23.9 Å². The molecule has 0 radical (unpaired) electrons. The third kappa shape index (κ3) is 6.02. The van der Waals surface area contributed by atoms with E-state index in [1.54, 1.807) is 7.05 Å². The van der Waals surface area contributed by atoms with Crippen LogP contribution in [-0.4, -0.2) is 68.6 Å². The zero-order chi connectivity index (χ0) is 19.3. The lowest BCUT2D eigenvalue weighted by atomic mass is 10.1. The van der Waals surface area contributed by atoms with Gasteiger partial charge in [-0.15, -0.1) is 0 Å². The quantitative estimate of drug-likeness (QED) is 0.781. The van der Waals surface area contributed by atoms with Gasteiger partial charge in [-0.1, -0.05) is 18.2 Å². The Balaban J connectivity index is 1.79. The Kier molecular flexibility index (Phi) is 6.64. The molecule has 1 aromatic carbocycles. The topological polar surface area (TPSA) is 57.1 Å². The van der Waals surface area contributed by atoms with E-state index in [0.29, 0.717) is 6.54 Å². The fraction of sp³-hybridized carbons (Fsp3) is 0.600. The van der Waals surface area contributed by atoms with Crippen LogP contribution < -0.4 is 15.1 Å². The molecule has 0 aromatic heterocycles. The van der Waals surface area contributed by atoms with Crippen LogP contribution in [0.2, 0.25) is 0 Å². The lowest BCUT2D eigenvalue weighted by molar-refractivity contribution is -0.892. The molecule has 0 saturated carbocycles. The molecule has 2 N–H and O–H groups in total. The van der Waals surface area contributed by atoms with Crippen LogP contribution in [0.25, 0.3) is 0 Å². The summed E-state index contributed by atoms with van der Waals surface area (Å²) in [5.41, 5.74) is 2.29. The molecule has 1 saturated heterocycles. The number of benzene rings is 1. The number of amides is 2. The van der Waals surface area contributed by atoms with Crippen molar-refractivity contribution in [1.82, 2.24) is 10.2 Å². The van der Waals surface area contributed by atoms with Crippen LogP contribution >= 0.6 is 0 Å². The maximum Gasteiger partial charge on any atom is 0.277 e. The largest absolute Gasteiger partial charge is 0.360 e. The molecular weight excluding hydrogens is 328 g/mol. The summed E-state index contributed by atoms with van der Waals surface area (Å²) < 4.78 is 0. The van der Waals surface area contributed by atoms with Gasteiger partial charge < -0.3 is 20.0 Å². The molecule has 1 aromatic rings. The monoisotopic (exact) mass is 361 g/mol. The van der Waals surface area contributed by atoms with Crippen molar-refractivity contribution in [3.8, 4) is 0 Å². The van der Waals surface area contributed by atoms with E-state index in [1.807, 2.05) is 20.8 Å². The van der Waals surface area contributed by atoms with E-state index in [2.05, 4.69) is 41.4 Å². The van der Waals surface area contributed by atoms with Crippen LogP contribution in [0.1, 0.15) is 26.3 Å². The predicted octanol–water partition coefficient (Wildman–Crippen LogP) is 0.0730. The van der Waals surface area contributed by atoms with Crippen LogP contribution in [0.5, 0.6) is 0 Å². The number of hydrogen-bond acceptors (Lipinski definition) is 3. The Morgan fingerprint density at radius 2 is 1.81 bits per heavy atom. The number of piperazine rings is 1. The number of likely N-dealkylation sites (N-methyl/N-ethyl adjacent to an activating group) is 1. The highest BCUT2D eigenvalue weighted by Gasteiger charge is 2.25. The maximum atomic E-state index is 12.4. The Morgan fingerprint density at radius 3 is 2.38 bits per heavy atom. The second-order valence-corrected chi connectivity index (χ2v) is 8.25.